The normalized spacial score (nSPS) is 17.8. The van der Waals surface area contributed by atoms with Crippen molar-refractivity contribution >= 4 is 15.9 Å². The number of likely N-dealkylation sites (N-methyl/N-ethyl adjacent to an activating group) is 1. The maximum absolute atomic E-state index is 13.1. The van der Waals surface area contributed by atoms with Crippen molar-refractivity contribution in [2.45, 2.75) is 51.5 Å². The van der Waals surface area contributed by atoms with Crippen molar-refractivity contribution in [1.29, 1.82) is 0 Å². The van der Waals surface area contributed by atoms with Crippen LogP contribution in [0.4, 0.5) is 4.39 Å². The van der Waals surface area contributed by atoms with Crippen LogP contribution in [-0.4, -0.2) is 12.6 Å². The van der Waals surface area contributed by atoms with E-state index in [1.165, 1.54) is 37.7 Å². The van der Waals surface area contributed by atoms with Crippen LogP contribution in [0.15, 0.2) is 22.7 Å². The standard InChI is InChI=1S/C16H23BrFN/c1-2-19-15(9-12-5-3-4-6-12)10-13-7-8-14(18)11-16(13)17/h7-8,11-12,15,19H,2-6,9-10H2,1H3. The highest BCUT2D eigenvalue weighted by molar-refractivity contribution is 9.10. The second-order valence-electron chi connectivity index (χ2n) is 5.58. The second kappa shape index (κ2) is 7.39. The summed E-state index contributed by atoms with van der Waals surface area (Å²) in [5, 5.41) is 3.59. The SMILES string of the molecule is CCNC(Cc1ccc(F)cc1Br)CC1CCCC1. The van der Waals surface area contributed by atoms with E-state index in [1.807, 2.05) is 6.07 Å². The molecular formula is C16H23BrFN. The minimum absolute atomic E-state index is 0.175. The molecule has 1 nitrogen and oxygen atoms in total. The van der Waals surface area contributed by atoms with Crippen molar-refractivity contribution in [2.75, 3.05) is 6.54 Å². The van der Waals surface area contributed by atoms with E-state index in [9.17, 15) is 4.39 Å². The van der Waals surface area contributed by atoms with Gasteiger partial charge < -0.3 is 5.32 Å². The Kier molecular flexibility index (Phi) is 5.83. The molecule has 1 atom stereocenters. The van der Waals surface area contributed by atoms with E-state index in [4.69, 9.17) is 0 Å². The minimum Gasteiger partial charge on any atom is -0.314 e. The molecule has 0 heterocycles. The van der Waals surface area contributed by atoms with Gasteiger partial charge in [0.15, 0.2) is 0 Å². The van der Waals surface area contributed by atoms with Gasteiger partial charge in [0.1, 0.15) is 5.82 Å². The maximum Gasteiger partial charge on any atom is 0.124 e. The van der Waals surface area contributed by atoms with E-state index < -0.39 is 0 Å². The quantitative estimate of drug-likeness (QED) is 0.799. The molecule has 1 fully saturated rings. The molecule has 1 aromatic rings. The first-order chi connectivity index (χ1) is 9.19. The topological polar surface area (TPSA) is 12.0 Å². The van der Waals surface area contributed by atoms with Crippen molar-refractivity contribution in [3.05, 3.63) is 34.1 Å². The Morgan fingerprint density at radius 3 is 2.74 bits per heavy atom. The van der Waals surface area contributed by atoms with Crippen molar-refractivity contribution in [3.8, 4) is 0 Å². The molecule has 106 valence electrons. The van der Waals surface area contributed by atoms with E-state index in [0.29, 0.717) is 6.04 Å². The summed E-state index contributed by atoms with van der Waals surface area (Å²) in [6.45, 7) is 3.15. The van der Waals surface area contributed by atoms with E-state index in [-0.39, 0.29) is 5.82 Å². The number of benzene rings is 1. The zero-order chi connectivity index (χ0) is 13.7. The first-order valence-corrected chi connectivity index (χ1v) is 8.15. The fraction of sp³-hybridized carbons (Fsp3) is 0.625. The fourth-order valence-electron chi connectivity index (χ4n) is 3.13. The van der Waals surface area contributed by atoms with Gasteiger partial charge in [-0.2, -0.15) is 0 Å². The molecule has 3 heteroatoms. The van der Waals surface area contributed by atoms with Crippen LogP contribution < -0.4 is 5.32 Å². The smallest absolute Gasteiger partial charge is 0.124 e. The van der Waals surface area contributed by atoms with Gasteiger partial charge in [-0.15, -0.1) is 0 Å². The number of halogens is 2. The highest BCUT2D eigenvalue weighted by Crippen LogP contribution is 2.30. The number of nitrogens with one attached hydrogen (secondary N) is 1. The van der Waals surface area contributed by atoms with Gasteiger partial charge in [-0.1, -0.05) is 54.6 Å². The lowest BCUT2D eigenvalue weighted by atomic mass is 9.94. The molecule has 1 aliphatic rings. The van der Waals surface area contributed by atoms with Crippen LogP contribution in [0, 0.1) is 11.7 Å². The molecule has 0 bridgehead atoms. The van der Waals surface area contributed by atoms with E-state index in [0.717, 1.165) is 23.4 Å². The Balaban J connectivity index is 1.98. The summed E-state index contributed by atoms with van der Waals surface area (Å²) in [7, 11) is 0. The minimum atomic E-state index is -0.175. The largest absolute Gasteiger partial charge is 0.314 e. The lowest BCUT2D eigenvalue weighted by Crippen LogP contribution is -2.32. The summed E-state index contributed by atoms with van der Waals surface area (Å²) < 4.78 is 14.0. The van der Waals surface area contributed by atoms with Gasteiger partial charge in [0.2, 0.25) is 0 Å². The molecule has 0 saturated heterocycles. The van der Waals surface area contributed by atoms with Gasteiger partial charge in [-0.05, 0) is 43.0 Å². The molecular weight excluding hydrogens is 305 g/mol. The van der Waals surface area contributed by atoms with Crippen LogP contribution in [0.5, 0.6) is 0 Å². The first kappa shape index (κ1) is 15.0. The summed E-state index contributed by atoms with van der Waals surface area (Å²) in [4.78, 5) is 0. The van der Waals surface area contributed by atoms with Gasteiger partial charge >= 0.3 is 0 Å². The van der Waals surface area contributed by atoms with Crippen LogP contribution in [0.3, 0.4) is 0 Å². The highest BCUT2D eigenvalue weighted by atomic mass is 79.9. The molecule has 1 unspecified atom stereocenters. The molecule has 1 N–H and O–H groups in total. The zero-order valence-corrected chi connectivity index (χ0v) is 13.2. The third-order valence-corrected chi connectivity index (χ3v) is 4.81. The zero-order valence-electron chi connectivity index (χ0n) is 11.6. The van der Waals surface area contributed by atoms with Crippen molar-refractivity contribution < 1.29 is 4.39 Å². The van der Waals surface area contributed by atoms with Crippen LogP contribution in [-0.2, 0) is 6.42 Å². The van der Waals surface area contributed by atoms with E-state index >= 15 is 0 Å². The molecule has 19 heavy (non-hydrogen) atoms. The summed E-state index contributed by atoms with van der Waals surface area (Å²) >= 11 is 3.47. The Morgan fingerprint density at radius 2 is 2.11 bits per heavy atom. The monoisotopic (exact) mass is 327 g/mol. The number of rotatable bonds is 6. The third-order valence-electron chi connectivity index (χ3n) is 4.07. The van der Waals surface area contributed by atoms with Crippen molar-refractivity contribution in [2.24, 2.45) is 5.92 Å². The van der Waals surface area contributed by atoms with Gasteiger partial charge in [-0.25, -0.2) is 4.39 Å². The predicted molar refractivity (Wildman–Crippen MR) is 81.8 cm³/mol. The second-order valence-corrected chi connectivity index (χ2v) is 6.43. The van der Waals surface area contributed by atoms with Gasteiger partial charge in [0.05, 0.1) is 0 Å². The molecule has 0 aromatic heterocycles. The molecule has 1 aliphatic carbocycles. The molecule has 0 amide bonds. The highest BCUT2D eigenvalue weighted by Gasteiger charge is 2.20. The molecule has 1 aromatic carbocycles. The first-order valence-electron chi connectivity index (χ1n) is 7.36. The van der Waals surface area contributed by atoms with Gasteiger partial charge in [0.25, 0.3) is 0 Å². The average molecular weight is 328 g/mol. The molecule has 2 rings (SSSR count). The Bertz CT molecular complexity index is 402. The molecule has 0 spiro atoms. The van der Waals surface area contributed by atoms with Gasteiger partial charge in [0, 0.05) is 10.5 Å². The number of hydrogen-bond donors (Lipinski definition) is 1. The Morgan fingerprint density at radius 1 is 1.37 bits per heavy atom. The lowest BCUT2D eigenvalue weighted by Gasteiger charge is -2.22. The van der Waals surface area contributed by atoms with E-state index in [2.05, 4.69) is 28.2 Å². The molecule has 0 radical (unpaired) electrons. The third kappa shape index (κ3) is 4.57. The Hall–Kier alpha value is -0.410. The van der Waals surface area contributed by atoms with Crippen LogP contribution in [0.25, 0.3) is 0 Å². The van der Waals surface area contributed by atoms with Crippen LogP contribution >= 0.6 is 15.9 Å². The fourth-order valence-corrected chi connectivity index (χ4v) is 3.64. The summed E-state index contributed by atoms with van der Waals surface area (Å²) in [6.07, 6.45) is 7.77. The van der Waals surface area contributed by atoms with Crippen LogP contribution in [0.1, 0.15) is 44.6 Å². The van der Waals surface area contributed by atoms with Gasteiger partial charge in [-0.3, -0.25) is 0 Å². The summed E-state index contributed by atoms with van der Waals surface area (Å²) in [5.74, 6) is 0.703. The lowest BCUT2D eigenvalue weighted by molar-refractivity contribution is 0.390. The van der Waals surface area contributed by atoms with E-state index in [1.54, 1.807) is 12.1 Å². The molecule has 0 aliphatic heterocycles. The van der Waals surface area contributed by atoms with Crippen molar-refractivity contribution in [3.63, 3.8) is 0 Å². The summed E-state index contributed by atoms with van der Waals surface area (Å²) in [6, 6.07) is 5.53. The molecule has 1 saturated carbocycles. The number of hydrogen-bond acceptors (Lipinski definition) is 1. The van der Waals surface area contributed by atoms with Crippen LogP contribution in [0.2, 0.25) is 0 Å². The Labute approximate surface area is 124 Å². The average Bonchev–Trinajstić information content (AvgIpc) is 2.86. The summed E-state index contributed by atoms with van der Waals surface area (Å²) in [5.41, 5.74) is 1.20. The van der Waals surface area contributed by atoms with Crippen molar-refractivity contribution in [1.82, 2.24) is 5.32 Å². The maximum atomic E-state index is 13.1. The predicted octanol–water partition coefficient (Wildman–Crippen LogP) is 4.69.